The number of aliphatic carboxylic acids is 1. The quantitative estimate of drug-likeness (QED) is 0.687. The Labute approximate surface area is 148 Å². The third kappa shape index (κ3) is 6.57. The summed E-state index contributed by atoms with van der Waals surface area (Å²) >= 11 is 0. The molecule has 0 unspecified atom stereocenters. The van der Waals surface area contributed by atoms with E-state index < -0.39 is 5.97 Å². The summed E-state index contributed by atoms with van der Waals surface area (Å²) in [6, 6.07) is 7.91. The molecule has 2 aromatic rings. The topological polar surface area (TPSA) is 85.5 Å². The number of rotatable bonds is 9. The molecule has 0 aliphatic carbocycles. The van der Waals surface area contributed by atoms with Gasteiger partial charge in [0, 0.05) is 11.8 Å². The fourth-order valence-corrected chi connectivity index (χ4v) is 2.34. The van der Waals surface area contributed by atoms with Crippen LogP contribution in [0.3, 0.4) is 0 Å². The Hall–Kier alpha value is -2.37. The summed E-state index contributed by atoms with van der Waals surface area (Å²) in [6.45, 7) is 6.32. The standard InChI is InChI=1S/C19H26N2O4/c1-19(2,3)18-20-16(21-25-18)13-24-15-10-7-9-14(12-15)8-5-4-6-11-17(22)23/h7,9-10,12H,4-6,8,11,13H2,1-3H3,(H,22,23). The van der Waals surface area contributed by atoms with Crippen LogP contribution in [0.5, 0.6) is 5.75 Å². The molecule has 1 heterocycles. The van der Waals surface area contributed by atoms with Gasteiger partial charge in [0.05, 0.1) is 0 Å². The Morgan fingerprint density at radius 2 is 2.04 bits per heavy atom. The lowest BCUT2D eigenvalue weighted by Gasteiger charge is -2.10. The lowest BCUT2D eigenvalue weighted by molar-refractivity contribution is -0.137. The van der Waals surface area contributed by atoms with E-state index in [0.29, 0.717) is 11.7 Å². The van der Waals surface area contributed by atoms with Gasteiger partial charge in [-0.1, -0.05) is 44.5 Å². The second kappa shape index (κ2) is 8.65. The molecule has 0 radical (unpaired) electrons. The molecule has 0 bridgehead atoms. The smallest absolute Gasteiger partial charge is 0.303 e. The molecule has 0 fully saturated rings. The molecular formula is C19H26N2O4. The first kappa shape index (κ1) is 19.0. The van der Waals surface area contributed by atoms with E-state index in [4.69, 9.17) is 14.4 Å². The third-order valence-electron chi connectivity index (χ3n) is 3.73. The predicted octanol–water partition coefficient (Wildman–Crippen LogP) is 4.13. The monoisotopic (exact) mass is 346 g/mol. The van der Waals surface area contributed by atoms with Gasteiger partial charge in [-0.15, -0.1) is 0 Å². The molecule has 1 N–H and O–H groups in total. The first-order valence-corrected chi connectivity index (χ1v) is 8.61. The maximum absolute atomic E-state index is 10.5. The summed E-state index contributed by atoms with van der Waals surface area (Å²) in [5.74, 6) is 1.17. The first-order chi connectivity index (χ1) is 11.8. The number of ether oxygens (including phenoxy) is 1. The fourth-order valence-electron chi connectivity index (χ4n) is 2.34. The zero-order valence-corrected chi connectivity index (χ0v) is 15.1. The molecule has 0 saturated carbocycles. The van der Waals surface area contributed by atoms with Gasteiger partial charge in [0.15, 0.2) is 6.61 Å². The van der Waals surface area contributed by atoms with Crippen LogP contribution in [0.1, 0.15) is 63.7 Å². The van der Waals surface area contributed by atoms with Crippen LogP contribution in [0.25, 0.3) is 0 Å². The highest BCUT2D eigenvalue weighted by atomic mass is 16.5. The van der Waals surface area contributed by atoms with Crippen LogP contribution in [0.15, 0.2) is 28.8 Å². The van der Waals surface area contributed by atoms with Crippen molar-refractivity contribution in [1.29, 1.82) is 0 Å². The Kier molecular flexibility index (Phi) is 6.56. The van der Waals surface area contributed by atoms with Crippen molar-refractivity contribution in [2.24, 2.45) is 0 Å². The van der Waals surface area contributed by atoms with E-state index >= 15 is 0 Å². The lowest BCUT2D eigenvalue weighted by Crippen LogP contribution is -2.11. The van der Waals surface area contributed by atoms with Gasteiger partial charge in [-0.25, -0.2) is 0 Å². The van der Waals surface area contributed by atoms with Crippen LogP contribution in [-0.4, -0.2) is 21.2 Å². The van der Waals surface area contributed by atoms with Crippen LogP contribution in [0.4, 0.5) is 0 Å². The van der Waals surface area contributed by atoms with Crippen LogP contribution in [0, 0.1) is 0 Å². The Bertz CT molecular complexity index is 689. The predicted molar refractivity (Wildman–Crippen MR) is 93.6 cm³/mol. The number of carboxylic acids is 1. The molecule has 2 rings (SSSR count). The van der Waals surface area contributed by atoms with Gasteiger partial charge in [0.2, 0.25) is 11.7 Å². The van der Waals surface area contributed by atoms with Gasteiger partial charge in [0.25, 0.3) is 0 Å². The molecule has 0 aliphatic heterocycles. The van der Waals surface area contributed by atoms with Crippen LogP contribution >= 0.6 is 0 Å². The van der Waals surface area contributed by atoms with Gasteiger partial charge in [0.1, 0.15) is 5.75 Å². The summed E-state index contributed by atoms with van der Waals surface area (Å²) in [7, 11) is 0. The van der Waals surface area contributed by atoms with Crippen LogP contribution in [-0.2, 0) is 23.2 Å². The Morgan fingerprint density at radius 1 is 1.24 bits per heavy atom. The van der Waals surface area contributed by atoms with Crippen molar-refractivity contribution < 1.29 is 19.2 Å². The minimum atomic E-state index is -0.730. The average Bonchev–Trinajstić information content (AvgIpc) is 3.02. The van der Waals surface area contributed by atoms with Gasteiger partial charge in [-0.2, -0.15) is 4.98 Å². The van der Waals surface area contributed by atoms with Gasteiger partial charge < -0.3 is 14.4 Å². The molecule has 0 aliphatic rings. The SMILES string of the molecule is CC(C)(C)c1nc(COc2cccc(CCCCCC(=O)O)c2)no1. The summed E-state index contributed by atoms with van der Waals surface area (Å²) in [6.07, 6.45) is 3.75. The summed E-state index contributed by atoms with van der Waals surface area (Å²) in [5, 5.41) is 12.6. The molecule has 0 amide bonds. The van der Waals surface area contributed by atoms with E-state index in [1.165, 1.54) is 5.56 Å². The number of carbonyl (C=O) groups is 1. The maximum atomic E-state index is 10.5. The number of unbranched alkanes of at least 4 members (excludes halogenated alkanes) is 2. The minimum absolute atomic E-state index is 0.175. The number of hydrogen-bond acceptors (Lipinski definition) is 5. The molecule has 0 saturated heterocycles. The zero-order chi connectivity index (χ0) is 18.3. The van der Waals surface area contributed by atoms with E-state index in [1.807, 2.05) is 39.0 Å². The molecule has 1 aromatic carbocycles. The third-order valence-corrected chi connectivity index (χ3v) is 3.73. The Morgan fingerprint density at radius 3 is 2.72 bits per heavy atom. The lowest BCUT2D eigenvalue weighted by atomic mass is 9.97. The molecule has 1 aromatic heterocycles. The second-order valence-electron chi connectivity index (χ2n) is 7.16. The van der Waals surface area contributed by atoms with Crippen molar-refractivity contribution in [3.63, 3.8) is 0 Å². The highest BCUT2D eigenvalue weighted by Crippen LogP contribution is 2.21. The Balaban J connectivity index is 1.81. The van der Waals surface area contributed by atoms with Crippen LogP contribution < -0.4 is 4.74 Å². The molecule has 6 nitrogen and oxygen atoms in total. The highest BCUT2D eigenvalue weighted by molar-refractivity contribution is 5.66. The first-order valence-electron chi connectivity index (χ1n) is 8.61. The van der Waals surface area contributed by atoms with E-state index in [0.717, 1.165) is 31.4 Å². The van der Waals surface area contributed by atoms with E-state index in [2.05, 4.69) is 16.2 Å². The van der Waals surface area contributed by atoms with E-state index in [1.54, 1.807) is 0 Å². The van der Waals surface area contributed by atoms with Crippen molar-refractivity contribution >= 4 is 5.97 Å². The number of carboxylic acid groups (broad SMARTS) is 1. The maximum Gasteiger partial charge on any atom is 0.303 e. The zero-order valence-electron chi connectivity index (χ0n) is 15.1. The van der Waals surface area contributed by atoms with Crippen molar-refractivity contribution in [1.82, 2.24) is 10.1 Å². The molecule has 25 heavy (non-hydrogen) atoms. The number of nitrogens with zero attached hydrogens (tertiary/aromatic N) is 2. The van der Waals surface area contributed by atoms with Crippen molar-refractivity contribution in [3.05, 3.63) is 41.5 Å². The summed E-state index contributed by atoms with van der Waals surface area (Å²) in [4.78, 5) is 14.8. The van der Waals surface area contributed by atoms with Gasteiger partial charge >= 0.3 is 5.97 Å². The second-order valence-corrected chi connectivity index (χ2v) is 7.16. The largest absolute Gasteiger partial charge is 0.485 e. The van der Waals surface area contributed by atoms with E-state index in [-0.39, 0.29) is 18.4 Å². The normalized spacial score (nSPS) is 11.5. The minimum Gasteiger partial charge on any atom is -0.485 e. The van der Waals surface area contributed by atoms with Crippen molar-refractivity contribution in [2.45, 2.75) is 64.9 Å². The summed E-state index contributed by atoms with van der Waals surface area (Å²) < 4.78 is 11.0. The number of benzene rings is 1. The fraction of sp³-hybridized carbons (Fsp3) is 0.526. The molecular weight excluding hydrogens is 320 g/mol. The van der Waals surface area contributed by atoms with E-state index in [9.17, 15) is 4.79 Å². The number of hydrogen-bond donors (Lipinski definition) is 1. The number of aromatic nitrogens is 2. The highest BCUT2D eigenvalue weighted by Gasteiger charge is 2.21. The molecule has 136 valence electrons. The van der Waals surface area contributed by atoms with Crippen LogP contribution in [0.2, 0.25) is 0 Å². The number of aryl methyl sites for hydroxylation is 1. The van der Waals surface area contributed by atoms with Crippen molar-refractivity contribution in [2.75, 3.05) is 0 Å². The molecule has 0 spiro atoms. The molecule has 0 atom stereocenters. The van der Waals surface area contributed by atoms with Gasteiger partial charge in [-0.3, -0.25) is 4.79 Å². The van der Waals surface area contributed by atoms with Crippen molar-refractivity contribution in [3.8, 4) is 5.75 Å². The average molecular weight is 346 g/mol. The summed E-state index contributed by atoms with van der Waals surface area (Å²) in [5.41, 5.74) is 1.00. The molecule has 6 heteroatoms. The van der Waals surface area contributed by atoms with Gasteiger partial charge in [-0.05, 0) is 37.0 Å².